The molecule has 0 radical (unpaired) electrons. The summed E-state index contributed by atoms with van der Waals surface area (Å²) in [5, 5.41) is 14.5. The molecular formula is C16H16F3N5O3. The average molecular weight is 383 g/mol. The zero-order chi connectivity index (χ0) is 19.6. The zero-order valence-electron chi connectivity index (χ0n) is 14.1. The number of halogens is 3. The lowest BCUT2D eigenvalue weighted by Crippen LogP contribution is -2.49. The van der Waals surface area contributed by atoms with Gasteiger partial charge in [-0.15, -0.1) is 0 Å². The summed E-state index contributed by atoms with van der Waals surface area (Å²) in [7, 11) is 0. The second-order valence-corrected chi connectivity index (χ2v) is 6.01. The monoisotopic (exact) mass is 383 g/mol. The Bertz CT molecular complexity index is 844. The molecule has 1 fully saturated rings. The van der Waals surface area contributed by atoms with E-state index in [-0.39, 0.29) is 18.1 Å². The first-order valence-electron chi connectivity index (χ1n) is 8.12. The van der Waals surface area contributed by atoms with Crippen molar-refractivity contribution in [3.63, 3.8) is 0 Å². The van der Waals surface area contributed by atoms with Crippen molar-refractivity contribution in [1.29, 1.82) is 0 Å². The maximum atomic E-state index is 12.6. The Morgan fingerprint density at radius 2 is 1.81 bits per heavy atom. The molecule has 1 aliphatic heterocycles. The Morgan fingerprint density at radius 3 is 2.41 bits per heavy atom. The maximum Gasteiger partial charge on any atom is 0.435 e. The smallest absolute Gasteiger partial charge is 0.362 e. The standard InChI is InChI=1S/C16H16F3N5O3/c17-16(18,19)14-5-6-23(20-14)11-15(25)22-9-7-21(8-10-22)12-3-1-2-4-13(12)24(26)27/h1-6H,7-11H2. The van der Waals surface area contributed by atoms with Gasteiger partial charge in [0.2, 0.25) is 5.91 Å². The molecule has 1 aromatic heterocycles. The Balaban J connectivity index is 1.60. The van der Waals surface area contributed by atoms with Crippen LogP contribution < -0.4 is 4.90 Å². The van der Waals surface area contributed by atoms with Gasteiger partial charge >= 0.3 is 6.18 Å². The Morgan fingerprint density at radius 1 is 1.15 bits per heavy atom. The minimum atomic E-state index is -4.55. The van der Waals surface area contributed by atoms with Crippen molar-refractivity contribution in [2.75, 3.05) is 31.1 Å². The number of hydrogen-bond acceptors (Lipinski definition) is 5. The number of para-hydroxylation sites is 2. The van der Waals surface area contributed by atoms with E-state index in [1.807, 2.05) is 4.90 Å². The predicted octanol–water partition coefficient (Wildman–Crippen LogP) is 2.16. The van der Waals surface area contributed by atoms with Crippen LogP contribution >= 0.6 is 0 Å². The van der Waals surface area contributed by atoms with E-state index in [1.165, 1.54) is 11.0 Å². The lowest BCUT2D eigenvalue weighted by molar-refractivity contribution is -0.384. The Kier molecular flexibility index (Phi) is 5.02. The molecule has 8 nitrogen and oxygen atoms in total. The molecule has 0 atom stereocenters. The van der Waals surface area contributed by atoms with E-state index in [9.17, 15) is 28.1 Å². The fraction of sp³-hybridized carbons (Fsp3) is 0.375. The van der Waals surface area contributed by atoms with Gasteiger partial charge in [-0.3, -0.25) is 19.6 Å². The molecule has 3 rings (SSSR count). The van der Waals surface area contributed by atoms with Gasteiger partial charge in [-0.1, -0.05) is 12.1 Å². The van der Waals surface area contributed by atoms with Crippen molar-refractivity contribution in [2.24, 2.45) is 0 Å². The van der Waals surface area contributed by atoms with Gasteiger partial charge in [0.05, 0.1) is 4.92 Å². The molecule has 1 amide bonds. The number of aromatic nitrogens is 2. The van der Waals surface area contributed by atoms with Crippen LogP contribution in [0.25, 0.3) is 0 Å². The highest BCUT2D eigenvalue weighted by Gasteiger charge is 2.34. The average Bonchev–Trinajstić information content (AvgIpc) is 3.11. The summed E-state index contributed by atoms with van der Waals surface area (Å²) >= 11 is 0. The first-order valence-corrected chi connectivity index (χ1v) is 8.12. The topological polar surface area (TPSA) is 84.5 Å². The largest absolute Gasteiger partial charge is 0.435 e. The highest BCUT2D eigenvalue weighted by atomic mass is 19.4. The maximum absolute atomic E-state index is 12.6. The highest BCUT2D eigenvalue weighted by molar-refractivity contribution is 5.76. The molecule has 144 valence electrons. The van der Waals surface area contributed by atoms with Gasteiger partial charge in [-0.2, -0.15) is 18.3 Å². The summed E-state index contributed by atoms with van der Waals surface area (Å²) in [6, 6.07) is 7.18. The van der Waals surface area contributed by atoms with Crippen LogP contribution in [0.5, 0.6) is 0 Å². The summed E-state index contributed by atoms with van der Waals surface area (Å²) in [5.41, 5.74) is -0.568. The summed E-state index contributed by atoms with van der Waals surface area (Å²) in [6.07, 6.45) is -3.44. The quantitative estimate of drug-likeness (QED) is 0.597. The van der Waals surface area contributed by atoms with Gasteiger partial charge in [-0.25, -0.2) is 0 Å². The molecule has 0 bridgehead atoms. The Hall–Kier alpha value is -3.11. The summed E-state index contributed by atoms with van der Waals surface area (Å²) in [5.74, 6) is -0.353. The van der Waals surface area contributed by atoms with Crippen LogP contribution in [0.1, 0.15) is 5.69 Å². The molecular weight excluding hydrogens is 367 g/mol. The lowest BCUT2D eigenvalue weighted by atomic mass is 10.2. The molecule has 2 aromatic rings. The third-order valence-corrected chi connectivity index (χ3v) is 4.28. The van der Waals surface area contributed by atoms with Crippen molar-refractivity contribution < 1.29 is 22.9 Å². The molecule has 2 heterocycles. The van der Waals surface area contributed by atoms with E-state index in [4.69, 9.17) is 0 Å². The van der Waals surface area contributed by atoms with Crippen LogP contribution in [0.15, 0.2) is 36.5 Å². The molecule has 1 aliphatic rings. The van der Waals surface area contributed by atoms with Crippen molar-refractivity contribution in [1.82, 2.24) is 14.7 Å². The molecule has 0 N–H and O–H groups in total. The summed E-state index contributed by atoms with van der Waals surface area (Å²) < 4.78 is 38.6. The SMILES string of the molecule is O=C(Cn1ccc(C(F)(F)F)n1)N1CCN(c2ccccc2[N+](=O)[O-])CC1. The number of nitro groups is 1. The third kappa shape index (κ3) is 4.18. The van der Waals surface area contributed by atoms with E-state index >= 15 is 0 Å². The second-order valence-electron chi connectivity index (χ2n) is 6.01. The minimum Gasteiger partial charge on any atom is -0.362 e. The molecule has 0 unspecified atom stereocenters. The van der Waals surface area contributed by atoms with Crippen molar-refractivity contribution in [3.8, 4) is 0 Å². The Labute approximate surface area is 151 Å². The number of amides is 1. The number of piperazine rings is 1. The predicted molar refractivity (Wildman–Crippen MR) is 89.1 cm³/mol. The van der Waals surface area contributed by atoms with Crippen molar-refractivity contribution in [3.05, 3.63) is 52.3 Å². The number of carbonyl (C=O) groups excluding carboxylic acids is 1. The number of carbonyl (C=O) groups is 1. The van der Waals surface area contributed by atoms with E-state index in [1.54, 1.807) is 18.2 Å². The lowest BCUT2D eigenvalue weighted by Gasteiger charge is -2.35. The minimum absolute atomic E-state index is 0.00602. The van der Waals surface area contributed by atoms with Crippen LogP contribution in [0.4, 0.5) is 24.5 Å². The number of nitrogens with zero attached hydrogens (tertiary/aromatic N) is 5. The number of rotatable bonds is 4. The molecule has 1 saturated heterocycles. The summed E-state index contributed by atoms with van der Waals surface area (Å²) in [6.45, 7) is 1.13. The van der Waals surface area contributed by atoms with Gasteiger partial charge in [-0.05, 0) is 12.1 Å². The molecule has 1 aromatic carbocycles. The molecule has 0 aliphatic carbocycles. The molecule has 11 heteroatoms. The zero-order valence-corrected chi connectivity index (χ0v) is 14.1. The third-order valence-electron chi connectivity index (χ3n) is 4.28. The van der Waals surface area contributed by atoms with Crippen molar-refractivity contribution >= 4 is 17.3 Å². The van der Waals surface area contributed by atoms with Gasteiger partial charge < -0.3 is 9.80 Å². The molecule has 27 heavy (non-hydrogen) atoms. The second kappa shape index (κ2) is 7.25. The first kappa shape index (κ1) is 18.7. The van der Waals surface area contributed by atoms with Crippen molar-refractivity contribution in [2.45, 2.75) is 12.7 Å². The van der Waals surface area contributed by atoms with E-state index in [0.717, 1.165) is 16.9 Å². The first-order chi connectivity index (χ1) is 12.8. The van der Waals surface area contributed by atoms with Gasteiger partial charge in [0.1, 0.15) is 12.2 Å². The van der Waals surface area contributed by atoms with Crippen LogP contribution in [-0.2, 0) is 17.5 Å². The number of nitro benzene ring substituents is 1. The summed E-state index contributed by atoms with van der Waals surface area (Å²) in [4.78, 5) is 26.3. The molecule has 0 saturated carbocycles. The van der Waals surface area contributed by atoms with Crippen LogP contribution in [0.2, 0.25) is 0 Å². The van der Waals surface area contributed by atoms with E-state index in [0.29, 0.717) is 31.9 Å². The number of anilines is 1. The number of benzene rings is 1. The number of alkyl halides is 3. The molecule has 0 spiro atoms. The fourth-order valence-corrected chi connectivity index (χ4v) is 2.92. The highest BCUT2D eigenvalue weighted by Crippen LogP contribution is 2.29. The normalized spacial score (nSPS) is 15.1. The van der Waals surface area contributed by atoms with Gasteiger partial charge in [0.25, 0.3) is 5.69 Å². The van der Waals surface area contributed by atoms with Gasteiger partial charge in [0, 0.05) is 38.4 Å². The van der Waals surface area contributed by atoms with Crippen LogP contribution in [0.3, 0.4) is 0 Å². The van der Waals surface area contributed by atoms with E-state index in [2.05, 4.69) is 5.10 Å². The van der Waals surface area contributed by atoms with Crippen LogP contribution in [-0.4, -0.2) is 51.7 Å². The van der Waals surface area contributed by atoms with Crippen LogP contribution in [0, 0.1) is 10.1 Å². The van der Waals surface area contributed by atoms with Gasteiger partial charge in [0.15, 0.2) is 5.69 Å². The fourth-order valence-electron chi connectivity index (χ4n) is 2.92. The number of hydrogen-bond donors (Lipinski definition) is 0. The van der Waals surface area contributed by atoms with E-state index < -0.39 is 16.8 Å².